The average molecular weight is 693 g/mol. The van der Waals surface area contributed by atoms with Gasteiger partial charge in [0.05, 0.1) is 71.8 Å². The molecule has 10 nitrogen and oxygen atoms in total. The van der Waals surface area contributed by atoms with E-state index < -0.39 is 52.2 Å². The summed E-state index contributed by atoms with van der Waals surface area (Å²) >= 11 is 0. The van der Waals surface area contributed by atoms with Gasteiger partial charge in [0.2, 0.25) is 0 Å². The summed E-state index contributed by atoms with van der Waals surface area (Å²) in [6.45, 7) is 13.3. The fraction of sp³-hybridized carbons (Fsp3) is 0.725. The number of hydrogen-bond acceptors (Lipinski definition) is 7. The summed E-state index contributed by atoms with van der Waals surface area (Å²) in [5, 5.41) is 70.3. The second-order valence-corrected chi connectivity index (χ2v) is 18.8. The number of aromatic carboxylic acids is 1. The van der Waals surface area contributed by atoms with E-state index in [1.807, 2.05) is 20.0 Å². The molecule has 0 amide bonds. The maximum atomic E-state index is 12.5. The molecule has 1 aromatic carbocycles. The minimum absolute atomic E-state index is 0.0323. The average Bonchev–Trinajstić information content (AvgIpc) is 3.64. The maximum Gasteiger partial charge on any atom is 0.335 e. The molecule has 4 unspecified atom stereocenters. The van der Waals surface area contributed by atoms with Crippen LogP contribution in [0, 0.1) is 50.2 Å². The number of allylic oxidation sites excluding steroid dienone is 1. The molecule has 13 atom stereocenters. The van der Waals surface area contributed by atoms with E-state index in [4.69, 9.17) is 4.74 Å². The lowest BCUT2D eigenvalue weighted by molar-refractivity contribution is -0.223. The van der Waals surface area contributed by atoms with Crippen molar-refractivity contribution in [2.75, 3.05) is 6.61 Å². The number of benzene rings is 1. The molecule has 50 heavy (non-hydrogen) atoms. The summed E-state index contributed by atoms with van der Waals surface area (Å²) in [5.41, 5.74) is -0.630. The molecule has 5 fully saturated rings. The highest BCUT2D eigenvalue weighted by atomic mass is 16.5. The van der Waals surface area contributed by atoms with Gasteiger partial charge < -0.3 is 35.4 Å². The molecule has 10 heteroatoms. The molecule has 6 aliphatic carbocycles. The van der Waals surface area contributed by atoms with Crippen LogP contribution in [0.2, 0.25) is 0 Å². The first kappa shape index (κ1) is 34.6. The lowest BCUT2D eigenvalue weighted by atomic mass is 9.35. The third-order valence-electron chi connectivity index (χ3n) is 16.4. The number of carboxylic acids is 1. The maximum absolute atomic E-state index is 12.5. The lowest BCUT2D eigenvalue weighted by Gasteiger charge is -2.69. The van der Waals surface area contributed by atoms with Crippen LogP contribution < -0.4 is 0 Å². The van der Waals surface area contributed by atoms with Gasteiger partial charge in [-0.2, -0.15) is 0 Å². The summed E-state index contributed by atoms with van der Waals surface area (Å²) < 4.78 is 8.81. The zero-order valence-electron chi connectivity index (χ0n) is 30.3. The lowest BCUT2D eigenvalue weighted by Crippen LogP contribution is -2.65. The molecule has 1 aromatic heterocycles. The van der Waals surface area contributed by atoms with Gasteiger partial charge in [0.15, 0.2) is 0 Å². The first-order chi connectivity index (χ1) is 23.4. The van der Waals surface area contributed by atoms with Crippen molar-refractivity contribution in [3.8, 4) is 5.69 Å². The van der Waals surface area contributed by atoms with Crippen molar-refractivity contribution in [1.82, 2.24) is 9.78 Å². The Bertz CT molecular complexity index is 1720. The Hall–Kier alpha value is -2.47. The van der Waals surface area contributed by atoms with Crippen molar-refractivity contribution in [2.24, 2.45) is 50.2 Å². The quantitative estimate of drug-likeness (QED) is 0.212. The molecule has 274 valence electrons. The van der Waals surface area contributed by atoms with Gasteiger partial charge in [0.1, 0.15) is 0 Å². The Balaban J connectivity index is 1.15. The first-order valence-electron chi connectivity index (χ1n) is 18.6. The van der Waals surface area contributed by atoms with Crippen molar-refractivity contribution >= 4 is 5.97 Å². The van der Waals surface area contributed by atoms with Crippen LogP contribution in [0.5, 0.6) is 0 Å². The SMILES string of the molecule is CC1(C)CC2(OCc3cn(-c4ccc(C(=O)O)cc4)[nH]3)C3C4=CCC5[C@@]6(C)CC[C@H](O)[C@](C)(CO)C6CC[C@@]5(C)[C@]4(C)C[C@@H](O)[C@@]32[C@@H](O)[C@@H]1O. The minimum Gasteiger partial charge on any atom is -0.478 e. The number of aliphatic hydroxyl groups is 5. The first-order valence-corrected chi connectivity index (χ1v) is 18.6. The highest BCUT2D eigenvalue weighted by Gasteiger charge is 2.91. The molecule has 0 aliphatic heterocycles. The fourth-order valence-corrected chi connectivity index (χ4v) is 13.5. The number of nitrogens with zero attached hydrogens (tertiary/aromatic N) is 1. The van der Waals surface area contributed by atoms with Crippen LogP contribution in [0.1, 0.15) is 103 Å². The van der Waals surface area contributed by atoms with Gasteiger partial charge in [-0.25, -0.2) is 4.79 Å². The summed E-state index contributed by atoms with van der Waals surface area (Å²) in [7, 11) is 0. The normalized spacial score (nSPS) is 48.7. The number of H-pyrrole nitrogens is 1. The van der Waals surface area contributed by atoms with E-state index in [0.29, 0.717) is 25.2 Å². The van der Waals surface area contributed by atoms with Crippen molar-refractivity contribution in [1.29, 1.82) is 0 Å². The topological polar surface area (TPSA) is 168 Å². The molecule has 2 aromatic rings. The Labute approximate surface area is 294 Å². The summed E-state index contributed by atoms with van der Waals surface area (Å²) in [6, 6.07) is 6.60. The Morgan fingerprint density at radius 1 is 0.940 bits per heavy atom. The minimum atomic E-state index is -1.16. The van der Waals surface area contributed by atoms with Gasteiger partial charge >= 0.3 is 5.97 Å². The number of aromatic amines is 1. The van der Waals surface area contributed by atoms with Crippen LogP contribution in [0.3, 0.4) is 0 Å². The predicted molar refractivity (Wildman–Crippen MR) is 185 cm³/mol. The smallest absolute Gasteiger partial charge is 0.335 e. The molecule has 0 saturated heterocycles. The molecule has 8 rings (SSSR count). The monoisotopic (exact) mass is 692 g/mol. The Morgan fingerprint density at radius 2 is 1.62 bits per heavy atom. The molecular weight excluding hydrogens is 636 g/mol. The molecule has 0 bridgehead atoms. The summed E-state index contributed by atoms with van der Waals surface area (Å²) in [5.74, 6) is -0.744. The third-order valence-corrected chi connectivity index (χ3v) is 16.4. The summed E-state index contributed by atoms with van der Waals surface area (Å²) in [6.07, 6.45) is 5.94. The Morgan fingerprint density at radius 3 is 2.26 bits per heavy atom. The van der Waals surface area contributed by atoms with Crippen LogP contribution in [-0.4, -0.2) is 83.0 Å². The van der Waals surface area contributed by atoms with E-state index in [9.17, 15) is 35.4 Å². The van der Waals surface area contributed by atoms with Gasteiger partial charge in [0.25, 0.3) is 0 Å². The van der Waals surface area contributed by atoms with E-state index in [0.717, 1.165) is 37.1 Å². The number of fused-ring (bicyclic) bond motifs is 7. The van der Waals surface area contributed by atoms with Gasteiger partial charge in [0, 0.05) is 11.3 Å². The van der Waals surface area contributed by atoms with Gasteiger partial charge in [-0.05, 0) is 103 Å². The van der Waals surface area contributed by atoms with E-state index in [1.165, 1.54) is 5.57 Å². The highest BCUT2D eigenvalue weighted by Crippen LogP contribution is 2.85. The largest absolute Gasteiger partial charge is 0.478 e. The third kappa shape index (κ3) is 3.98. The molecule has 5 saturated carbocycles. The molecule has 7 N–H and O–H groups in total. The number of nitrogens with one attached hydrogen (secondary N) is 1. The van der Waals surface area contributed by atoms with Crippen molar-refractivity contribution in [3.05, 3.63) is 53.4 Å². The number of carbonyl (C=O) groups is 1. The zero-order chi connectivity index (χ0) is 36.0. The zero-order valence-corrected chi connectivity index (χ0v) is 30.3. The standard InChI is InChI=1S/C40H56N2O8/c1-34(2)20-39(50-19-23-18-42(41-23)24-9-7-22(8-10-24)33(48)49)30-25-11-12-27-35(3)15-14-28(44)36(4,21-43)26(35)13-16-37(27,5)38(25,6)17-29(45)40(30,39)32(47)31(34)46/h7-11,18,26-32,41,43-47H,12-17,19-21H2,1-6H3,(H,48,49)/t26?,27?,28-,29+,30?,31-,32-,35-,36+,37+,38+,39?,40-/m0/s1. The molecule has 1 heterocycles. The van der Waals surface area contributed by atoms with Crippen molar-refractivity contribution in [2.45, 2.75) is 123 Å². The highest BCUT2D eigenvalue weighted by molar-refractivity contribution is 5.87. The molecular formula is C40H56N2O8. The number of rotatable bonds is 6. The molecule has 1 spiro atoms. The molecule has 0 radical (unpaired) electrons. The van der Waals surface area contributed by atoms with Crippen LogP contribution in [0.15, 0.2) is 42.1 Å². The van der Waals surface area contributed by atoms with E-state index >= 15 is 0 Å². The van der Waals surface area contributed by atoms with E-state index in [-0.39, 0.29) is 46.9 Å². The van der Waals surface area contributed by atoms with Gasteiger partial charge in [-0.1, -0.05) is 53.2 Å². The fourth-order valence-electron chi connectivity index (χ4n) is 13.5. The van der Waals surface area contributed by atoms with Gasteiger partial charge in [-0.15, -0.1) is 0 Å². The van der Waals surface area contributed by atoms with Crippen LogP contribution >= 0.6 is 0 Å². The number of hydrogen-bond donors (Lipinski definition) is 7. The number of aromatic nitrogens is 2. The van der Waals surface area contributed by atoms with Crippen LogP contribution in [0.4, 0.5) is 0 Å². The number of carboxylic acid groups (broad SMARTS) is 1. The predicted octanol–water partition coefficient (Wildman–Crippen LogP) is 4.82. The van der Waals surface area contributed by atoms with Crippen molar-refractivity contribution < 1.29 is 40.2 Å². The van der Waals surface area contributed by atoms with Crippen LogP contribution in [-0.2, 0) is 11.3 Å². The summed E-state index contributed by atoms with van der Waals surface area (Å²) in [4.78, 5) is 11.3. The van der Waals surface area contributed by atoms with Gasteiger partial charge in [-0.3, -0.25) is 9.78 Å². The molecule has 6 aliphatic rings. The van der Waals surface area contributed by atoms with E-state index in [2.05, 4.69) is 38.9 Å². The number of ether oxygens (including phenoxy) is 1. The van der Waals surface area contributed by atoms with Crippen LogP contribution in [0.25, 0.3) is 5.69 Å². The van der Waals surface area contributed by atoms with E-state index in [1.54, 1.807) is 28.9 Å². The second kappa shape index (κ2) is 10.6. The van der Waals surface area contributed by atoms with Crippen molar-refractivity contribution in [3.63, 3.8) is 0 Å². The number of aliphatic hydroxyl groups excluding tert-OH is 5. The Kier molecular flexibility index (Phi) is 7.32. The second-order valence-electron chi connectivity index (χ2n) is 18.8.